The van der Waals surface area contributed by atoms with Gasteiger partial charge in [0.1, 0.15) is 5.82 Å². The first-order valence-electron chi connectivity index (χ1n) is 6.46. The highest BCUT2D eigenvalue weighted by atomic mass is 35.5. The normalized spacial score (nSPS) is 10.4. The summed E-state index contributed by atoms with van der Waals surface area (Å²) in [7, 11) is 1.68. The highest BCUT2D eigenvalue weighted by Gasteiger charge is 2.02. The molecule has 0 spiro atoms. The van der Waals surface area contributed by atoms with Crippen molar-refractivity contribution in [1.82, 2.24) is 9.97 Å². The second-order valence-corrected chi connectivity index (χ2v) is 5.19. The molecule has 0 radical (unpaired) electrons. The van der Waals surface area contributed by atoms with Crippen LogP contribution in [0.1, 0.15) is 6.42 Å². The number of hydrogen-bond donors (Lipinski definition) is 2. The second-order valence-electron chi connectivity index (χ2n) is 4.32. The van der Waals surface area contributed by atoms with Crippen molar-refractivity contribution in [1.29, 1.82) is 0 Å². The number of halogens is 2. The minimum Gasteiger partial charge on any atom is -0.385 e. The van der Waals surface area contributed by atoms with Crippen LogP contribution in [0.5, 0.6) is 0 Å². The summed E-state index contributed by atoms with van der Waals surface area (Å²) in [5.74, 6) is 1.22. The largest absolute Gasteiger partial charge is 0.385 e. The number of aromatic nitrogens is 2. The van der Waals surface area contributed by atoms with Crippen molar-refractivity contribution >= 4 is 40.7 Å². The minimum absolute atomic E-state index is 0.559. The van der Waals surface area contributed by atoms with E-state index in [9.17, 15) is 0 Å². The van der Waals surface area contributed by atoms with Gasteiger partial charge in [-0.3, -0.25) is 0 Å². The zero-order valence-electron chi connectivity index (χ0n) is 11.6. The van der Waals surface area contributed by atoms with Crippen LogP contribution in [0.15, 0.2) is 30.5 Å². The predicted octanol–water partition coefficient (Wildman–Crippen LogP) is 3.98. The summed E-state index contributed by atoms with van der Waals surface area (Å²) >= 11 is 11.9. The van der Waals surface area contributed by atoms with Crippen molar-refractivity contribution in [3.8, 4) is 0 Å². The van der Waals surface area contributed by atoms with E-state index in [-0.39, 0.29) is 0 Å². The Balaban J connectivity index is 2.00. The third-order valence-electron chi connectivity index (χ3n) is 2.60. The van der Waals surface area contributed by atoms with Crippen LogP contribution in [0, 0.1) is 0 Å². The zero-order chi connectivity index (χ0) is 15.1. The van der Waals surface area contributed by atoms with E-state index in [4.69, 9.17) is 27.9 Å². The van der Waals surface area contributed by atoms with Gasteiger partial charge in [0, 0.05) is 42.2 Å². The zero-order valence-corrected chi connectivity index (χ0v) is 13.1. The molecule has 0 saturated carbocycles. The Morgan fingerprint density at radius 1 is 1.19 bits per heavy atom. The summed E-state index contributed by atoms with van der Waals surface area (Å²) in [5, 5.41) is 7.41. The van der Waals surface area contributed by atoms with E-state index in [0.29, 0.717) is 28.4 Å². The number of nitrogens with zero attached hydrogens (tertiary/aromatic N) is 2. The lowest BCUT2D eigenvalue weighted by molar-refractivity contribution is 0.197. The van der Waals surface area contributed by atoms with E-state index in [1.165, 1.54) is 0 Å². The Hall–Kier alpha value is -1.56. The van der Waals surface area contributed by atoms with Crippen molar-refractivity contribution in [3.05, 3.63) is 40.5 Å². The number of nitrogens with one attached hydrogen (secondary N) is 2. The van der Waals surface area contributed by atoms with Crippen LogP contribution in [-0.4, -0.2) is 30.2 Å². The summed E-state index contributed by atoms with van der Waals surface area (Å²) in [6.45, 7) is 1.45. The van der Waals surface area contributed by atoms with Crippen LogP contribution in [0.2, 0.25) is 10.0 Å². The lowest BCUT2D eigenvalue weighted by Gasteiger charge is -2.09. The van der Waals surface area contributed by atoms with Gasteiger partial charge in [-0.2, -0.15) is 4.98 Å². The number of rotatable bonds is 7. The van der Waals surface area contributed by atoms with Crippen LogP contribution in [0.25, 0.3) is 0 Å². The van der Waals surface area contributed by atoms with Crippen molar-refractivity contribution in [2.24, 2.45) is 0 Å². The molecule has 0 amide bonds. The Labute approximate surface area is 133 Å². The highest BCUT2D eigenvalue weighted by Crippen LogP contribution is 2.24. The van der Waals surface area contributed by atoms with Crippen LogP contribution in [-0.2, 0) is 4.74 Å². The van der Waals surface area contributed by atoms with Gasteiger partial charge in [-0.25, -0.2) is 4.98 Å². The number of methoxy groups -OCH3 is 1. The first-order valence-corrected chi connectivity index (χ1v) is 7.22. The molecule has 0 saturated heterocycles. The molecule has 0 fully saturated rings. The van der Waals surface area contributed by atoms with E-state index >= 15 is 0 Å². The molecule has 0 aliphatic heterocycles. The molecular formula is C14H16Cl2N4O. The average Bonchev–Trinajstić information content (AvgIpc) is 2.43. The standard InChI is InChI=1S/C14H16Cl2N4O/c1-21-6-2-4-17-14-18-5-3-13(20-14)19-12-8-10(15)7-11(16)9-12/h3,5,7-9H,2,4,6H2,1H3,(H2,17,18,19,20). The van der Waals surface area contributed by atoms with Crippen molar-refractivity contribution < 1.29 is 4.74 Å². The van der Waals surface area contributed by atoms with E-state index in [1.54, 1.807) is 37.6 Å². The lowest BCUT2D eigenvalue weighted by Crippen LogP contribution is -2.08. The van der Waals surface area contributed by atoms with Gasteiger partial charge < -0.3 is 15.4 Å². The van der Waals surface area contributed by atoms with Crippen molar-refractivity contribution in [2.75, 3.05) is 30.9 Å². The molecule has 2 rings (SSSR count). The lowest BCUT2D eigenvalue weighted by atomic mass is 10.3. The second kappa shape index (κ2) is 8.02. The molecule has 1 heterocycles. The van der Waals surface area contributed by atoms with Crippen LogP contribution in [0.4, 0.5) is 17.5 Å². The molecule has 2 N–H and O–H groups in total. The molecule has 7 heteroatoms. The van der Waals surface area contributed by atoms with Gasteiger partial charge >= 0.3 is 0 Å². The molecule has 21 heavy (non-hydrogen) atoms. The van der Waals surface area contributed by atoms with Crippen LogP contribution < -0.4 is 10.6 Å². The molecular weight excluding hydrogens is 311 g/mol. The van der Waals surface area contributed by atoms with Gasteiger partial charge in [-0.15, -0.1) is 0 Å². The highest BCUT2D eigenvalue weighted by molar-refractivity contribution is 6.35. The molecule has 112 valence electrons. The maximum absolute atomic E-state index is 5.96. The van der Waals surface area contributed by atoms with Crippen LogP contribution in [0.3, 0.4) is 0 Å². The Morgan fingerprint density at radius 2 is 1.95 bits per heavy atom. The smallest absolute Gasteiger partial charge is 0.224 e. The third kappa shape index (κ3) is 5.38. The molecule has 0 aliphatic rings. The topological polar surface area (TPSA) is 59.1 Å². The summed E-state index contributed by atoms with van der Waals surface area (Å²) in [4.78, 5) is 8.52. The van der Waals surface area contributed by atoms with Gasteiger partial charge in [0.15, 0.2) is 0 Å². The summed E-state index contributed by atoms with van der Waals surface area (Å²) in [6, 6.07) is 7.01. The first-order chi connectivity index (χ1) is 10.2. The van der Waals surface area contributed by atoms with Gasteiger partial charge in [0.05, 0.1) is 0 Å². The van der Waals surface area contributed by atoms with E-state index in [0.717, 1.165) is 18.7 Å². The van der Waals surface area contributed by atoms with E-state index in [1.807, 2.05) is 0 Å². The molecule has 1 aromatic heterocycles. The quantitative estimate of drug-likeness (QED) is 0.754. The molecule has 0 atom stereocenters. The Bertz CT molecular complexity index is 575. The number of hydrogen-bond acceptors (Lipinski definition) is 5. The first kappa shape index (κ1) is 15.8. The fourth-order valence-corrected chi connectivity index (χ4v) is 2.23. The van der Waals surface area contributed by atoms with E-state index < -0.39 is 0 Å². The maximum Gasteiger partial charge on any atom is 0.224 e. The maximum atomic E-state index is 5.96. The Morgan fingerprint density at radius 3 is 2.67 bits per heavy atom. The van der Waals surface area contributed by atoms with Crippen molar-refractivity contribution in [3.63, 3.8) is 0 Å². The molecule has 0 aliphatic carbocycles. The number of ether oxygens (including phenoxy) is 1. The summed E-state index contributed by atoms with van der Waals surface area (Å²) in [5.41, 5.74) is 0.775. The third-order valence-corrected chi connectivity index (χ3v) is 3.04. The van der Waals surface area contributed by atoms with Crippen molar-refractivity contribution in [2.45, 2.75) is 6.42 Å². The minimum atomic E-state index is 0.559. The van der Waals surface area contributed by atoms with Gasteiger partial charge in [0.25, 0.3) is 0 Å². The number of benzene rings is 1. The van der Waals surface area contributed by atoms with Crippen LogP contribution >= 0.6 is 23.2 Å². The van der Waals surface area contributed by atoms with Gasteiger partial charge in [-0.1, -0.05) is 23.2 Å². The fourth-order valence-electron chi connectivity index (χ4n) is 1.70. The molecule has 5 nitrogen and oxygen atoms in total. The molecule has 0 unspecified atom stereocenters. The summed E-state index contributed by atoms with van der Waals surface area (Å²) in [6.07, 6.45) is 2.57. The Kier molecular flexibility index (Phi) is 6.04. The number of anilines is 3. The fraction of sp³-hybridized carbons (Fsp3) is 0.286. The molecule has 2 aromatic rings. The molecule has 0 bridgehead atoms. The van der Waals surface area contributed by atoms with E-state index in [2.05, 4.69) is 20.6 Å². The average molecular weight is 327 g/mol. The van der Waals surface area contributed by atoms with Gasteiger partial charge in [0.2, 0.25) is 5.95 Å². The summed E-state index contributed by atoms with van der Waals surface area (Å²) < 4.78 is 4.99. The SMILES string of the molecule is COCCCNc1nccc(Nc2cc(Cl)cc(Cl)c2)n1. The molecule has 1 aromatic carbocycles. The van der Waals surface area contributed by atoms with Gasteiger partial charge in [-0.05, 0) is 30.7 Å². The monoisotopic (exact) mass is 326 g/mol. The predicted molar refractivity (Wildman–Crippen MR) is 86.8 cm³/mol.